The van der Waals surface area contributed by atoms with Crippen molar-refractivity contribution in [3.63, 3.8) is 0 Å². The molecule has 1 aliphatic rings. The Morgan fingerprint density at radius 2 is 2.04 bits per heavy atom. The zero-order chi connectivity index (χ0) is 16.2. The molecule has 2 atom stereocenters. The number of aryl methyl sites for hydroxylation is 1. The van der Waals surface area contributed by atoms with Crippen LogP contribution in [0.4, 0.5) is 0 Å². The number of β-amino-alcohol motifs (C(OH)–C–C–N with tert-alkyl or cyclic N) is 1. The van der Waals surface area contributed by atoms with E-state index in [4.69, 9.17) is 0 Å². The summed E-state index contributed by atoms with van der Waals surface area (Å²) in [5, 5.41) is 14.9. The predicted octanol–water partition coefficient (Wildman–Crippen LogP) is 2.03. The molecule has 0 aromatic carbocycles. The van der Waals surface area contributed by atoms with Crippen LogP contribution >= 0.6 is 0 Å². The molecule has 1 aliphatic heterocycles. The van der Waals surface area contributed by atoms with Crippen molar-refractivity contribution in [3.8, 4) is 0 Å². The number of aliphatic hydroxyl groups is 1. The first-order valence-electron chi connectivity index (χ1n) is 8.48. The normalized spacial score (nSPS) is 21.9. The van der Waals surface area contributed by atoms with Crippen LogP contribution < -0.4 is 0 Å². The van der Waals surface area contributed by atoms with Gasteiger partial charge in [-0.1, -0.05) is 6.92 Å². The third-order valence-electron chi connectivity index (χ3n) is 4.76. The van der Waals surface area contributed by atoms with Gasteiger partial charge in [0.05, 0.1) is 12.3 Å². The SMILES string of the molecule is CCCn1ncc(CN2C[C@@H](Cc3ccncc3)[C@@H](O)C2)c1C. The number of nitrogens with zero attached hydrogens (tertiary/aromatic N) is 4. The summed E-state index contributed by atoms with van der Waals surface area (Å²) in [7, 11) is 0. The molecule has 0 spiro atoms. The molecule has 0 amide bonds. The number of hydrogen-bond donors (Lipinski definition) is 1. The van der Waals surface area contributed by atoms with Crippen LogP contribution in [0.25, 0.3) is 0 Å². The van der Waals surface area contributed by atoms with Crippen molar-refractivity contribution in [1.82, 2.24) is 19.7 Å². The molecule has 23 heavy (non-hydrogen) atoms. The molecule has 0 radical (unpaired) electrons. The van der Waals surface area contributed by atoms with E-state index in [0.717, 1.165) is 39.0 Å². The van der Waals surface area contributed by atoms with Crippen LogP contribution in [0.5, 0.6) is 0 Å². The van der Waals surface area contributed by atoms with Gasteiger partial charge in [-0.15, -0.1) is 0 Å². The van der Waals surface area contributed by atoms with Crippen LogP contribution in [0.1, 0.15) is 30.2 Å². The van der Waals surface area contributed by atoms with Crippen molar-refractivity contribution in [2.75, 3.05) is 13.1 Å². The average molecular weight is 314 g/mol. The van der Waals surface area contributed by atoms with Crippen LogP contribution in [0, 0.1) is 12.8 Å². The zero-order valence-corrected chi connectivity index (χ0v) is 14.0. The van der Waals surface area contributed by atoms with Gasteiger partial charge in [0, 0.05) is 55.7 Å². The lowest BCUT2D eigenvalue weighted by Crippen LogP contribution is -2.21. The van der Waals surface area contributed by atoms with Crippen molar-refractivity contribution in [2.24, 2.45) is 5.92 Å². The second-order valence-corrected chi connectivity index (χ2v) is 6.56. The highest BCUT2D eigenvalue weighted by molar-refractivity contribution is 5.17. The lowest BCUT2D eigenvalue weighted by atomic mass is 9.97. The summed E-state index contributed by atoms with van der Waals surface area (Å²) in [6.07, 6.45) is 7.37. The number of rotatable bonds is 6. The van der Waals surface area contributed by atoms with E-state index in [1.165, 1.54) is 16.8 Å². The number of aliphatic hydroxyl groups excluding tert-OH is 1. The standard InChI is InChI=1S/C18H26N4O/c1-3-8-22-14(2)17(10-20-22)12-21-11-16(18(23)13-21)9-15-4-6-19-7-5-15/h4-7,10,16,18,23H,3,8-9,11-13H2,1-2H3/t16-,18+/m1/s1. The largest absolute Gasteiger partial charge is 0.391 e. The van der Waals surface area contributed by atoms with Gasteiger partial charge >= 0.3 is 0 Å². The fraction of sp³-hybridized carbons (Fsp3) is 0.556. The highest BCUT2D eigenvalue weighted by atomic mass is 16.3. The Kier molecular flexibility index (Phi) is 5.08. The van der Waals surface area contributed by atoms with Crippen molar-refractivity contribution < 1.29 is 5.11 Å². The molecule has 0 saturated carbocycles. The first-order chi connectivity index (χ1) is 11.2. The Labute approximate surface area is 138 Å². The maximum Gasteiger partial charge on any atom is 0.0710 e. The fourth-order valence-electron chi connectivity index (χ4n) is 3.41. The van der Waals surface area contributed by atoms with Gasteiger partial charge in [0.15, 0.2) is 0 Å². The second kappa shape index (κ2) is 7.23. The summed E-state index contributed by atoms with van der Waals surface area (Å²) in [4.78, 5) is 6.40. The number of aromatic nitrogens is 3. The van der Waals surface area contributed by atoms with Crippen LogP contribution in [0.15, 0.2) is 30.7 Å². The van der Waals surface area contributed by atoms with Crippen molar-refractivity contribution in [1.29, 1.82) is 0 Å². The summed E-state index contributed by atoms with van der Waals surface area (Å²) >= 11 is 0. The lowest BCUT2D eigenvalue weighted by molar-refractivity contribution is 0.141. The molecule has 0 bridgehead atoms. The summed E-state index contributed by atoms with van der Waals surface area (Å²) in [6.45, 7) is 7.83. The van der Waals surface area contributed by atoms with Gasteiger partial charge in [0.1, 0.15) is 0 Å². The van der Waals surface area contributed by atoms with Crippen LogP contribution in [-0.4, -0.2) is 44.0 Å². The van der Waals surface area contributed by atoms with Crippen molar-refractivity contribution in [2.45, 2.75) is 45.9 Å². The summed E-state index contributed by atoms with van der Waals surface area (Å²) in [5.41, 5.74) is 3.77. The Balaban J connectivity index is 1.60. The maximum absolute atomic E-state index is 10.4. The third kappa shape index (κ3) is 3.79. The molecule has 0 unspecified atom stereocenters. The average Bonchev–Trinajstić information content (AvgIpc) is 3.06. The molecule has 1 N–H and O–H groups in total. The molecule has 3 heterocycles. The van der Waals surface area contributed by atoms with E-state index < -0.39 is 0 Å². The van der Waals surface area contributed by atoms with E-state index in [1.807, 2.05) is 30.7 Å². The van der Waals surface area contributed by atoms with E-state index in [-0.39, 0.29) is 6.10 Å². The lowest BCUT2D eigenvalue weighted by Gasteiger charge is -2.15. The molecular weight excluding hydrogens is 288 g/mol. The van der Waals surface area contributed by atoms with E-state index in [2.05, 4.69) is 33.5 Å². The smallest absolute Gasteiger partial charge is 0.0710 e. The summed E-state index contributed by atoms with van der Waals surface area (Å²) < 4.78 is 2.08. The van der Waals surface area contributed by atoms with Crippen LogP contribution in [0.3, 0.4) is 0 Å². The molecule has 2 aromatic rings. The number of hydrogen-bond acceptors (Lipinski definition) is 4. The second-order valence-electron chi connectivity index (χ2n) is 6.56. The predicted molar refractivity (Wildman–Crippen MR) is 90.0 cm³/mol. The monoisotopic (exact) mass is 314 g/mol. The number of likely N-dealkylation sites (tertiary alicyclic amines) is 1. The zero-order valence-electron chi connectivity index (χ0n) is 14.0. The molecule has 1 fully saturated rings. The molecule has 124 valence electrons. The van der Waals surface area contributed by atoms with Gasteiger partial charge in [0.25, 0.3) is 0 Å². The minimum Gasteiger partial charge on any atom is -0.391 e. The van der Waals surface area contributed by atoms with Gasteiger partial charge in [0.2, 0.25) is 0 Å². The molecule has 1 saturated heterocycles. The van der Waals surface area contributed by atoms with Gasteiger partial charge in [-0.25, -0.2) is 0 Å². The van der Waals surface area contributed by atoms with E-state index in [1.54, 1.807) is 0 Å². The highest BCUT2D eigenvalue weighted by Gasteiger charge is 2.31. The first kappa shape index (κ1) is 16.1. The Morgan fingerprint density at radius 3 is 2.78 bits per heavy atom. The molecule has 2 aromatic heterocycles. The van der Waals surface area contributed by atoms with Crippen LogP contribution in [0.2, 0.25) is 0 Å². The fourth-order valence-corrected chi connectivity index (χ4v) is 3.41. The van der Waals surface area contributed by atoms with Crippen molar-refractivity contribution >= 4 is 0 Å². The van der Waals surface area contributed by atoms with E-state index in [0.29, 0.717) is 5.92 Å². The van der Waals surface area contributed by atoms with Crippen LogP contribution in [-0.2, 0) is 19.5 Å². The van der Waals surface area contributed by atoms with Crippen molar-refractivity contribution in [3.05, 3.63) is 47.5 Å². The summed E-state index contributed by atoms with van der Waals surface area (Å²) in [6, 6.07) is 4.07. The maximum atomic E-state index is 10.4. The third-order valence-corrected chi connectivity index (χ3v) is 4.76. The Hall–Kier alpha value is -1.72. The van der Waals surface area contributed by atoms with Gasteiger partial charge in [-0.05, 0) is 37.5 Å². The molecule has 5 nitrogen and oxygen atoms in total. The highest BCUT2D eigenvalue weighted by Crippen LogP contribution is 2.23. The Bertz CT molecular complexity index is 625. The summed E-state index contributed by atoms with van der Waals surface area (Å²) in [5.74, 6) is 0.295. The topological polar surface area (TPSA) is 54.2 Å². The first-order valence-corrected chi connectivity index (χ1v) is 8.48. The molecule has 3 rings (SSSR count). The van der Waals surface area contributed by atoms with E-state index in [9.17, 15) is 5.11 Å². The minimum atomic E-state index is -0.255. The van der Waals surface area contributed by atoms with Gasteiger partial charge < -0.3 is 5.11 Å². The quantitative estimate of drug-likeness (QED) is 0.886. The van der Waals surface area contributed by atoms with Gasteiger partial charge in [-0.2, -0.15) is 5.10 Å². The molecule has 0 aliphatic carbocycles. The number of pyridine rings is 1. The molecular formula is C18H26N4O. The van der Waals surface area contributed by atoms with Gasteiger partial charge in [-0.3, -0.25) is 14.6 Å². The van der Waals surface area contributed by atoms with E-state index >= 15 is 0 Å². The Morgan fingerprint density at radius 1 is 1.26 bits per heavy atom. The molecule has 5 heteroatoms. The minimum absolute atomic E-state index is 0.255.